The van der Waals surface area contributed by atoms with Gasteiger partial charge in [0.05, 0.1) is 0 Å². The first-order valence-electron chi connectivity index (χ1n) is 2.83. The Bertz CT molecular complexity index is 9.22. The van der Waals surface area contributed by atoms with Gasteiger partial charge in [0.15, 0.2) is 0 Å². The van der Waals surface area contributed by atoms with E-state index in [0.717, 1.165) is 0 Å². The van der Waals surface area contributed by atoms with E-state index in [4.69, 9.17) is 0 Å². The molecule has 0 aromatic heterocycles. The maximum atomic E-state index is 3.25. The summed E-state index contributed by atoms with van der Waals surface area (Å²) in [6.45, 7) is 20.0. The van der Waals surface area contributed by atoms with Gasteiger partial charge in [0.25, 0.3) is 0 Å². The Morgan fingerprint density at radius 1 is 0.500 bits per heavy atom. The fourth-order valence-corrected chi connectivity index (χ4v) is 0. The van der Waals surface area contributed by atoms with Crippen LogP contribution in [0.5, 0.6) is 0 Å². The van der Waals surface area contributed by atoms with Crippen LogP contribution in [0.15, 0.2) is 0 Å². The molecule has 0 atom stereocenters. The molecule has 0 heterocycles. The number of rotatable bonds is 0. The van der Waals surface area contributed by atoms with Crippen LogP contribution < -0.4 is 0 Å². The predicted octanol–water partition coefficient (Wildman–Crippen LogP) is 3.18. The average Bonchev–Trinajstić information content (AvgIpc) is 2.03. The summed E-state index contributed by atoms with van der Waals surface area (Å²) < 4.78 is 0. The van der Waals surface area contributed by atoms with Crippen molar-refractivity contribution < 1.29 is 31.3 Å². The van der Waals surface area contributed by atoms with Crippen LogP contribution in [0.2, 0.25) is 0 Å². The van der Waals surface area contributed by atoms with Crippen LogP contribution in [-0.4, -0.2) is 5.48 Å². The van der Waals surface area contributed by atoms with Crippen LogP contribution in [0.3, 0.4) is 0 Å². The van der Waals surface area contributed by atoms with Gasteiger partial charge in [0.1, 0.15) is 0 Å². The summed E-state index contributed by atoms with van der Waals surface area (Å²) in [5.41, 5.74) is 0. The maximum Gasteiger partial charge on any atom is 4.00 e. The molecule has 64 valence electrons. The summed E-state index contributed by atoms with van der Waals surface area (Å²) in [6.07, 6.45) is 0. The Morgan fingerprint density at radius 2 is 0.500 bits per heavy atom. The van der Waals surface area contributed by atoms with Gasteiger partial charge in [-0.3, -0.25) is 0 Å². The van der Waals surface area contributed by atoms with Gasteiger partial charge < -0.3 is 33.2 Å². The predicted molar refractivity (Wildman–Crippen MR) is 46.1 cm³/mol. The Hall–Kier alpha value is 0.830. The zero-order valence-electron chi connectivity index (χ0n) is 7.78. The van der Waals surface area contributed by atoms with Crippen LogP contribution >= 0.6 is 0 Å². The van der Waals surface area contributed by atoms with E-state index in [1.165, 1.54) is 0 Å². The van der Waals surface area contributed by atoms with E-state index in [9.17, 15) is 0 Å². The Morgan fingerprint density at radius 3 is 0.500 bits per heavy atom. The molecule has 0 aromatic rings. The van der Waals surface area contributed by atoms with Gasteiger partial charge in [-0.1, -0.05) is 0 Å². The summed E-state index contributed by atoms with van der Waals surface area (Å²) in [7, 11) is 0. The minimum absolute atomic E-state index is 0. The third-order valence-corrected chi connectivity index (χ3v) is 0. The van der Waals surface area contributed by atoms with Crippen LogP contribution in [0.4, 0.5) is 0 Å². The van der Waals surface area contributed by atoms with Crippen molar-refractivity contribution in [2.24, 2.45) is 0 Å². The van der Waals surface area contributed by atoms with E-state index in [1.54, 1.807) is 27.7 Å². The molecule has 0 aliphatic carbocycles. The zero-order valence-corrected chi connectivity index (χ0v) is 11.4. The fourth-order valence-electron chi connectivity index (χ4n) is 0. The summed E-state index contributed by atoms with van der Waals surface area (Å²) in [5.74, 6) is 0. The molecule has 0 unspecified atom stereocenters. The van der Waals surface area contributed by atoms with Crippen molar-refractivity contribution in [2.45, 2.75) is 27.7 Å². The van der Waals surface area contributed by atoms with Crippen LogP contribution in [-0.2, 0) is 25.8 Å². The molecule has 0 saturated heterocycles. The Kier molecular flexibility index (Phi) is 4990. The quantitative estimate of drug-likeness (QED) is 0.499. The molecule has 0 radical (unpaired) electrons. The first kappa shape index (κ1) is 44.9. The summed E-state index contributed by atoms with van der Waals surface area (Å²) >= 11 is 0. The maximum absolute atomic E-state index is 3.25. The molecule has 0 saturated carbocycles. The average molecular weight is 312 g/mol. The SMILES string of the molecule is [CH2-]C.[CH2-]C.[CH2-]C.[CH2-]C.[Hf+4].[OH-]. The molecule has 1 N–H and O–H groups in total. The van der Waals surface area contributed by atoms with Gasteiger partial charge in [-0.25, -0.2) is 0 Å². The van der Waals surface area contributed by atoms with Gasteiger partial charge in [0.2, 0.25) is 0 Å². The molecule has 10 heavy (non-hydrogen) atoms. The second kappa shape index (κ2) is 1110. The van der Waals surface area contributed by atoms with Crippen molar-refractivity contribution in [1.29, 1.82) is 0 Å². The fraction of sp³-hybridized carbons (Fsp3) is 0.500. The molecule has 0 fully saturated rings. The summed E-state index contributed by atoms with van der Waals surface area (Å²) in [4.78, 5) is 0. The zero-order chi connectivity index (χ0) is 8.00. The molecule has 2 heteroatoms. The number of hydrogen-bond donors (Lipinski definition) is 0. The van der Waals surface area contributed by atoms with Crippen molar-refractivity contribution in [3.8, 4) is 0 Å². The van der Waals surface area contributed by atoms with Crippen LogP contribution in [0, 0.1) is 27.7 Å². The molecule has 0 bridgehead atoms. The van der Waals surface area contributed by atoms with E-state index >= 15 is 0 Å². The minimum Gasteiger partial charge on any atom is -0.870 e. The topological polar surface area (TPSA) is 30.0 Å². The normalized spacial score (nSPS) is 2.40. The molecule has 1 nitrogen and oxygen atoms in total. The van der Waals surface area contributed by atoms with Crippen molar-refractivity contribution in [1.82, 2.24) is 0 Å². The standard InChI is InChI=1S/4C2H5.Hf.H2O/c4*1-2;;/h4*1H2,2H3;;1H2/q4*-1;+4;/p-1. The van der Waals surface area contributed by atoms with Gasteiger partial charge in [0, 0.05) is 0 Å². The van der Waals surface area contributed by atoms with Gasteiger partial charge in [-0.05, 0) is 0 Å². The molecule has 0 aliphatic heterocycles. The summed E-state index contributed by atoms with van der Waals surface area (Å²) in [6, 6.07) is 0. The van der Waals surface area contributed by atoms with Gasteiger partial charge >= 0.3 is 25.8 Å². The largest absolute Gasteiger partial charge is 4.00 e. The first-order chi connectivity index (χ1) is 4.00. The molecule has 0 amide bonds. The van der Waals surface area contributed by atoms with Gasteiger partial charge in [-0.2, -0.15) is 27.7 Å². The Balaban J connectivity index is -0.00000000500. The third kappa shape index (κ3) is 786. The van der Waals surface area contributed by atoms with Crippen LogP contribution in [0.25, 0.3) is 0 Å². The van der Waals surface area contributed by atoms with Crippen molar-refractivity contribution >= 4 is 0 Å². The minimum atomic E-state index is 0. The van der Waals surface area contributed by atoms with E-state index in [-0.39, 0.29) is 31.3 Å². The third-order valence-electron chi connectivity index (χ3n) is 0. The molecule has 0 rings (SSSR count). The van der Waals surface area contributed by atoms with E-state index in [2.05, 4.69) is 27.7 Å². The molecular formula is C8H21HfO-. The number of hydrogen-bond acceptors (Lipinski definition) is 1. The van der Waals surface area contributed by atoms with E-state index in [1.807, 2.05) is 0 Å². The Labute approximate surface area is 86.7 Å². The first-order valence-corrected chi connectivity index (χ1v) is 2.83. The van der Waals surface area contributed by atoms with Crippen molar-refractivity contribution in [3.05, 3.63) is 27.7 Å². The van der Waals surface area contributed by atoms with Crippen molar-refractivity contribution in [3.63, 3.8) is 0 Å². The summed E-state index contributed by atoms with van der Waals surface area (Å²) in [5, 5.41) is 0. The second-order valence-corrected chi connectivity index (χ2v) is 0. The van der Waals surface area contributed by atoms with E-state index in [0.29, 0.717) is 0 Å². The van der Waals surface area contributed by atoms with Crippen LogP contribution in [0.1, 0.15) is 27.7 Å². The molecule has 0 spiro atoms. The van der Waals surface area contributed by atoms with Crippen molar-refractivity contribution in [2.75, 3.05) is 0 Å². The smallest absolute Gasteiger partial charge is 0.870 e. The van der Waals surface area contributed by atoms with Gasteiger partial charge in [-0.15, -0.1) is 0 Å². The molecular weight excluding hydrogens is 291 g/mol. The monoisotopic (exact) mass is 313 g/mol. The van der Waals surface area contributed by atoms with E-state index < -0.39 is 0 Å². The second-order valence-electron chi connectivity index (χ2n) is 0. The molecule has 0 aromatic carbocycles. The molecule has 0 aliphatic rings.